The van der Waals surface area contributed by atoms with Crippen LogP contribution in [0, 0.1) is 16.7 Å². The summed E-state index contributed by atoms with van der Waals surface area (Å²) in [5, 5.41) is 0. The van der Waals surface area contributed by atoms with Crippen molar-refractivity contribution in [1.29, 1.82) is 0 Å². The summed E-state index contributed by atoms with van der Waals surface area (Å²) < 4.78 is 0. The Hall–Kier alpha value is -2.33. The normalized spacial score (nSPS) is 27.0. The molecule has 2 aromatic rings. The zero-order valence-corrected chi connectivity index (χ0v) is 17.5. The van der Waals surface area contributed by atoms with Crippen LogP contribution in [0.3, 0.4) is 0 Å². The molecule has 2 heterocycles. The van der Waals surface area contributed by atoms with Gasteiger partial charge in [-0.3, -0.25) is 9.69 Å². The highest BCUT2D eigenvalue weighted by Gasteiger charge is 2.59. The molecule has 1 aliphatic carbocycles. The Morgan fingerprint density at radius 1 is 1.03 bits per heavy atom. The third kappa shape index (κ3) is 3.33. The van der Waals surface area contributed by atoms with Gasteiger partial charge >= 0.3 is 0 Å². The first-order valence-corrected chi connectivity index (χ1v) is 10.8. The van der Waals surface area contributed by atoms with E-state index in [-0.39, 0.29) is 16.7 Å². The van der Waals surface area contributed by atoms with Crippen molar-refractivity contribution in [3.63, 3.8) is 0 Å². The monoisotopic (exact) mass is 389 g/mol. The van der Waals surface area contributed by atoms with Crippen LogP contribution >= 0.6 is 0 Å². The van der Waals surface area contributed by atoms with Crippen molar-refractivity contribution in [2.45, 2.75) is 32.7 Å². The number of benzene rings is 2. The molecule has 2 N–H and O–H groups in total. The van der Waals surface area contributed by atoms with Crippen LogP contribution in [0.25, 0.3) is 0 Å². The minimum Gasteiger partial charge on any atom is -0.399 e. The molecule has 2 atom stereocenters. The highest BCUT2D eigenvalue weighted by Crippen LogP contribution is 2.55. The minimum absolute atomic E-state index is 0.166. The van der Waals surface area contributed by atoms with Crippen LogP contribution in [0.5, 0.6) is 0 Å². The first-order chi connectivity index (χ1) is 13.9. The predicted molar refractivity (Wildman–Crippen MR) is 116 cm³/mol. The maximum Gasteiger partial charge on any atom is 0.226 e. The van der Waals surface area contributed by atoms with Crippen molar-refractivity contribution in [1.82, 2.24) is 9.80 Å². The molecule has 3 fully saturated rings. The number of hydrogen-bond donors (Lipinski definition) is 1. The third-order valence-electron chi connectivity index (χ3n) is 7.44. The molecule has 0 aromatic heterocycles. The Balaban J connectivity index is 1.35. The second kappa shape index (κ2) is 6.60. The Labute approximate surface area is 173 Å². The largest absolute Gasteiger partial charge is 0.399 e. The smallest absolute Gasteiger partial charge is 0.226 e. The van der Waals surface area contributed by atoms with Crippen molar-refractivity contribution in [2.24, 2.45) is 16.7 Å². The summed E-state index contributed by atoms with van der Waals surface area (Å²) >= 11 is 0. The second-order valence-corrected chi connectivity index (χ2v) is 10.2. The SMILES string of the molecule is CC1(C)C[C@@H]1C(=O)N1CC2(CN(Cc3ccccc3)CC2c2ccc(N)cc2)C1. The molecule has 0 radical (unpaired) electrons. The van der Waals surface area contributed by atoms with Gasteiger partial charge < -0.3 is 10.6 Å². The number of anilines is 1. The van der Waals surface area contributed by atoms with Crippen LogP contribution < -0.4 is 5.73 Å². The first kappa shape index (κ1) is 18.7. The zero-order valence-electron chi connectivity index (χ0n) is 17.5. The number of carbonyl (C=O) groups excluding carboxylic acids is 1. The molecule has 1 amide bonds. The van der Waals surface area contributed by atoms with Gasteiger partial charge in [-0.1, -0.05) is 56.3 Å². The standard InChI is InChI=1S/C25H31N3O/c1-24(2)12-21(24)23(29)28-16-25(17-28)15-27(13-18-6-4-3-5-7-18)14-22(25)19-8-10-20(26)11-9-19/h3-11,21-22H,12-17,26H2,1-2H3/t21-,22?/m1/s1. The molecule has 29 heavy (non-hydrogen) atoms. The summed E-state index contributed by atoms with van der Waals surface area (Å²) in [4.78, 5) is 17.6. The Morgan fingerprint density at radius 2 is 1.69 bits per heavy atom. The summed E-state index contributed by atoms with van der Waals surface area (Å²) in [5.41, 5.74) is 9.82. The molecule has 4 heteroatoms. The van der Waals surface area contributed by atoms with Crippen LogP contribution in [0.1, 0.15) is 37.3 Å². The van der Waals surface area contributed by atoms with E-state index in [0.717, 1.165) is 44.8 Å². The van der Waals surface area contributed by atoms with E-state index in [1.54, 1.807) is 0 Å². The van der Waals surface area contributed by atoms with Gasteiger partial charge in [-0.2, -0.15) is 0 Å². The van der Waals surface area contributed by atoms with E-state index in [0.29, 0.717) is 11.8 Å². The molecular weight excluding hydrogens is 358 g/mol. The van der Waals surface area contributed by atoms with Gasteiger partial charge in [-0.05, 0) is 35.1 Å². The van der Waals surface area contributed by atoms with Crippen LogP contribution in [0.15, 0.2) is 54.6 Å². The van der Waals surface area contributed by atoms with Crippen molar-refractivity contribution in [2.75, 3.05) is 31.9 Å². The number of nitrogens with zero attached hydrogens (tertiary/aromatic N) is 2. The topological polar surface area (TPSA) is 49.6 Å². The molecule has 5 rings (SSSR count). The van der Waals surface area contributed by atoms with Gasteiger partial charge in [0.25, 0.3) is 0 Å². The number of nitrogen functional groups attached to an aromatic ring is 1. The quantitative estimate of drug-likeness (QED) is 0.811. The molecule has 1 spiro atoms. The number of carbonyl (C=O) groups is 1. The lowest BCUT2D eigenvalue weighted by molar-refractivity contribution is -0.145. The Morgan fingerprint density at radius 3 is 2.31 bits per heavy atom. The van der Waals surface area contributed by atoms with Gasteiger partial charge in [0.15, 0.2) is 0 Å². The van der Waals surface area contributed by atoms with Gasteiger partial charge in [0.2, 0.25) is 5.91 Å². The van der Waals surface area contributed by atoms with Crippen molar-refractivity contribution >= 4 is 11.6 Å². The number of rotatable bonds is 4. The number of nitrogens with two attached hydrogens (primary N) is 1. The Bertz CT molecular complexity index is 899. The molecule has 2 saturated heterocycles. The molecule has 152 valence electrons. The van der Waals surface area contributed by atoms with E-state index in [1.165, 1.54) is 11.1 Å². The minimum atomic E-state index is 0.166. The van der Waals surface area contributed by atoms with Crippen molar-refractivity contribution in [3.05, 3.63) is 65.7 Å². The molecule has 0 bridgehead atoms. The highest BCUT2D eigenvalue weighted by atomic mass is 16.2. The highest BCUT2D eigenvalue weighted by molar-refractivity contribution is 5.83. The fourth-order valence-electron chi connectivity index (χ4n) is 5.52. The van der Waals surface area contributed by atoms with Crippen LogP contribution in [-0.4, -0.2) is 41.9 Å². The molecule has 1 saturated carbocycles. The van der Waals surface area contributed by atoms with Gasteiger partial charge in [0, 0.05) is 55.7 Å². The van der Waals surface area contributed by atoms with Crippen molar-refractivity contribution < 1.29 is 4.79 Å². The van der Waals surface area contributed by atoms with Gasteiger partial charge in [-0.15, -0.1) is 0 Å². The zero-order chi connectivity index (χ0) is 20.2. The van der Waals surface area contributed by atoms with Crippen LogP contribution in [0.2, 0.25) is 0 Å². The van der Waals surface area contributed by atoms with E-state index < -0.39 is 0 Å². The Kier molecular flexibility index (Phi) is 4.25. The fourth-order valence-corrected chi connectivity index (χ4v) is 5.52. The van der Waals surface area contributed by atoms with E-state index in [9.17, 15) is 4.79 Å². The predicted octanol–water partition coefficient (Wildman–Crippen LogP) is 3.74. The fraction of sp³-hybridized carbons (Fsp3) is 0.480. The molecule has 2 aliphatic heterocycles. The maximum absolute atomic E-state index is 12.9. The molecule has 4 nitrogen and oxygen atoms in total. The summed E-state index contributed by atoms with van der Waals surface area (Å²) in [7, 11) is 0. The van der Waals surface area contributed by atoms with E-state index in [1.807, 2.05) is 12.1 Å². The first-order valence-electron chi connectivity index (χ1n) is 10.8. The maximum atomic E-state index is 12.9. The van der Waals surface area contributed by atoms with E-state index in [2.05, 4.69) is 66.1 Å². The van der Waals surface area contributed by atoms with E-state index >= 15 is 0 Å². The van der Waals surface area contributed by atoms with E-state index in [4.69, 9.17) is 5.73 Å². The third-order valence-corrected chi connectivity index (χ3v) is 7.44. The average Bonchev–Trinajstić information content (AvgIpc) is 3.15. The molecule has 3 aliphatic rings. The van der Waals surface area contributed by atoms with Gasteiger partial charge in [-0.25, -0.2) is 0 Å². The average molecular weight is 390 g/mol. The molecular formula is C25H31N3O. The second-order valence-electron chi connectivity index (χ2n) is 10.2. The van der Waals surface area contributed by atoms with Crippen LogP contribution in [-0.2, 0) is 11.3 Å². The van der Waals surface area contributed by atoms with Crippen molar-refractivity contribution in [3.8, 4) is 0 Å². The van der Waals surface area contributed by atoms with Gasteiger partial charge in [0.1, 0.15) is 0 Å². The summed E-state index contributed by atoms with van der Waals surface area (Å²) in [6, 6.07) is 19.1. The summed E-state index contributed by atoms with van der Waals surface area (Å²) in [5.74, 6) is 1.05. The summed E-state index contributed by atoms with van der Waals surface area (Å²) in [6.45, 7) is 9.25. The van der Waals surface area contributed by atoms with Gasteiger partial charge in [0.05, 0.1) is 0 Å². The molecule has 2 aromatic carbocycles. The molecule has 1 unspecified atom stereocenters. The number of likely N-dealkylation sites (tertiary alicyclic amines) is 2. The number of hydrogen-bond acceptors (Lipinski definition) is 3. The lowest BCUT2D eigenvalue weighted by atomic mass is 9.68. The summed E-state index contributed by atoms with van der Waals surface area (Å²) in [6.07, 6.45) is 1.04. The lowest BCUT2D eigenvalue weighted by Crippen LogP contribution is -2.62. The number of amides is 1. The lowest BCUT2D eigenvalue weighted by Gasteiger charge is -2.51. The van der Waals surface area contributed by atoms with Crippen LogP contribution in [0.4, 0.5) is 5.69 Å².